The van der Waals surface area contributed by atoms with Crippen molar-refractivity contribution in [2.24, 2.45) is 0 Å². The van der Waals surface area contributed by atoms with Crippen LogP contribution in [0, 0.1) is 18.6 Å². The topological polar surface area (TPSA) is 24.9 Å². The maximum absolute atomic E-state index is 13.6. The van der Waals surface area contributed by atoms with Gasteiger partial charge in [-0.1, -0.05) is 0 Å². The molecule has 4 heteroatoms. The highest BCUT2D eigenvalue weighted by Crippen LogP contribution is 2.27. The van der Waals surface area contributed by atoms with Crippen LogP contribution in [0.5, 0.6) is 0 Å². The summed E-state index contributed by atoms with van der Waals surface area (Å²) in [6.45, 7) is 4.30. The quantitative estimate of drug-likeness (QED) is 0.843. The number of halogens is 2. The second-order valence-electron chi connectivity index (χ2n) is 3.59. The van der Waals surface area contributed by atoms with Gasteiger partial charge in [-0.15, -0.1) is 0 Å². The number of anilines is 1. The van der Waals surface area contributed by atoms with Crippen molar-refractivity contribution in [3.8, 4) is 0 Å². The molecular weight excluding hydrogens is 210 g/mol. The molecule has 0 saturated carbocycles. The highest BCUT2D eigenvalue weighted by molar-refractivity contribution is 5.92. The summed E-state index contributed by atoms with van der Waals surface area (Å²) in [6, 6.07) is 3.93. The lowest BCUT2D eigenvalue weighted by Crippen LogP contribution is -2.01. The van der Waals surface area contributed by atoms with E-state index in [1.54, 1.807) is 13.0 Å². The predicted molar refractivity (Wildman–Crippen MR) is 60.6 cm³/mol. The summed E-state index contributed by atoms with van der Waals surface area (Å²) in [6.07, 6.45) is 0. The predicted octanol–water partition coefficient (Wildman–Crippen LogP) is 3.25. The van der Waals surface area contributed by atoms with Gasteiger partial charge in [0, 0.05) is 17.9 Å². The minimum Gasteiger partial charge on any atom is -0.385 e. The van der Waals surface area contributed by atoms with Crippen molar-refractivity contribution in [1.29, 1.82) is 0 Å². The highest BCUT2D eigenvalue weighted by Gasteiger charge is 2.12. The largest absolute Gasteiger partial charge is 0.385 e. The third-order valence-electron chi connectivity index (χ3n) is 2.36. The fraction of sp³-hybridized carbons (Fsp3) is 0.250. The van der Waals surface area contributed by atoms with Crippen LogP contribution < -0.4 is 5.32 Å². The van der Waals surface area contributed by atoms with Gasteiger partial charge in [-0.05, 0) is 32.0 Å². The van der Waals surface area contributed by atoms with Crippen LogP contribution >= 0.6 is 0 Å². The molecular formula is C12H12F2N2. The van der Waals surface area contributed by atoms with Gasteiger partial charge in [0.05, 0.1) is 5.39 Å². The van der Waals surface area contributed by atoms with Crippen molar-refractivity contribution in [3.63, 3.8) is 0 Å². The van der Waals surface area contributed by atoms with Gasteiger partial charge in [0.1, 0.15) is 17.2 Å². The van der Waals surface area contributed by atoms with Gasteiger partial charge in [0.15, 0.2) is 0 Å². The van der Waals surface area contributed by atoms with Crippen molar-refractivity contribution in [2.45, 2.75) is 13.8 Å². The van der Waals surface area contributed by atoms with Crippen LogP contribution in [0.1, 0.15) is 12.6 Å². The number of aromatic nitrogens is 1. The summed E-state index contributed by atoms with van der Waals surface area (Å²) < 4.78 is 27.1. The van der Waals surface area contributed by atoms with Crippen molar-refractivity contribution in [3.05, 3.63) is 35.5 Å². The van der Waals surface area contributed by atoms with Gasteiger partial charge in [0.25, 0.3) is 0 Å². The van der Waals surface area contributed by atoms with E-state index in [-0.39, 0.29) is 10.9 Å². The number of aryl methyl sites for hydroxylation is 1. The van der Waals surface area contributed by atoms with Crippen LogP contribution in [0.3, 0.4) is 0 Å². The maximum atomic E-state index is 13.6. The molecule has 0 amide bonds. The standard InChI is InChI=1S/C12H12F2N2/c1-3-15-10-6-7(2)16-12-9(14)5-4-8(13)11(10)12/h4-6H,3H2,1-2H3,(H,15,16). The van der Waals surface area contributed by atoms with Gasteiger partial charge in [0.2, 0.25) is 0 Å². The van der Waals surface area contributed by atoms with Crippen molar-refractivity contribution >= 4 is 16.6 Å². The summed E-state index contributed by atoms with van der Waals surface area (Å²) in [5.41, 5.74) is 1.32. The molecule has 0 aliphatic carbocycles. The third-order valence-corrected chi connectivity index (χ3v) is 2.36. The van der Waals surface area contributed by atoms with Crippen LogP contribution in [0.15, 0.2) is 18.2 Å². The van der Waals surface area contributed by atoms with E-state index in [4.69, 9.17) is 0 Å². The van der Waals surface area contributed by atoms with E-state index in [2.05, 4.69) is 10.3 Å². The van der Waals surface area contributed by atoms with Crippen molar-refractivity contribution in [2.75, 3.05) is 11.9 Å². The van der Waals surface area contributed by atoms with Crippen molar-refractivity contribution < 1.29 is 8.78 Å². The first-order chi connectivity index (χ1) is 7.63. The number of hydrogen-bond donors (Lipinski definition) is 1. The Hall–Kier alpha value is -1.71. The summed E-state index contributed by atoms with van der Waals surface area (Å²) in [5, 5.41) is 3.23. The zero-order chi connectivity index (χ0) is 11.7. The number of nitrogens with one attached hydrogen (secondary N) is 1. The molecule has 1 aromatic heterocycles. The lowest BCUT2D eigenvalue weighted by molar-refractivity contribution is 0.615. The van der Waals surface area contributed by atoms with Crippen molar-refractivity contribution in [1.82, 2.24) is 4.98 Å². The van der Waals surface area contributed by atoms with E-state index in [1.807, 2.05) is 6.92 Å². The molecule has 0 radical (unpaired) electrons. The van der Waals surface area contributed by atoms with Gasteiger partial charge < -0.3 is 5.32 Å². The summed E-state index contributed by atoms with van der Waals surface area (Å²) in [7, 11) is 0. The second kappa shape index (κ2) is 4.04. The Balaban J connectivity index is 2.83. The van der Waals surface area contributed by atoms with E-state index < -0.39 is 11.6 Å². The molecule has 0 saturated heterocycles. The fourth-order valence-electron chi connectivity index (χ4n) is 1.73. The van der Waals surface area contributed by atoms with Gasteiger partial charge in [-0.2, -0.15) is 0 Å². The number of rotatable bonds is 2. The fourth-order valence-corrected chi connectivity index (χ4v) is 1.73. The average Bonchev–Trinajstić information content (AvgIpc) is 2.23. The minimum absolute atomic E-state index is 0.0796. The van der Waals surface area contributed by atoms with Crippen LogP contribution in [0.2, 0.25) is 0 Å². The average molecular weight is 222 g/mol. The number of nitrogens with zero attached hydrogens (tertiary/aromatic N) is 1. The molecule has 2 aromatic rings. The molecule has 1 heterocycles. The number of hydrogen-bond acceptors (Lipinski definition) is 2. The van der Waals surface area contributed by atoms with Gasteiger partial charge in [-0.3, -0.25) is 0 Å². The summed E-state index contributed by atoms with van der Waals surface area (Å²) in [5.74, 6) is -0.959. The number of fused-ring (bicyclic) bond motifs is 1. The summed E-state index contributed by atoms with van der Waals surface area (Å²) >= 11 is 0. The first-order valence-electron chi connectivity index (χ1n) is 5.12. The molecule has 0 aliphatic heterocycles. The first-order valence-corrected chi connectivity index (χ1v) is 5.12. The molecule has 0 atom stereocenters. The lowest BCUT2D eigenvalue weighted by atomic mass is 10.1. The van der Waals surface area contributed by atoms with E-state index in [9.17, 15) is 8.78 Å². The van der Waals surface area contributed by atoms with E-state index in [0.717, 1.165) is 12.1 Å². The molecule has 2 nitrogen and oxygen atoms in total. The molecule has 0 unspecified atom stereocenters. The van der Waals surface area contributed by atoms with E-state index >= 15 is 0 Å². The van der Waals surface area contributed by atoms with E-state index in [0.29, 0.717) is 17.9 Å². The normalized spacial score (nSPS) is 10.8. The Kier molecular flexibility index (Phi) is 2.73. The molecule has 1 aromatic carbocycles. The Morgan fingerprint density at radius 1 is 1.25 bits per heavy atom. The molecule has 0 bridgehead atoms. The second-order valence-corrected chi connectivity index (χ2v) is 3.59. The zero-order valence-corrected chi connectivity index (χ0v) is 9.14. The third kappa shape index (κ3) is 1.71. The van der Waals surface area contributed by atoms with Crippen LogP contribution in [-0.2, 0) is 0 Å². The molecule has 2 rings (SSSR count). The molecule has 84 valence electrons. The van der Waals surface area contributed by atoms with E-state index in [1.165, 1.54) is 0 Å². The SMILES string of the molecule is CCNc1cc(C)nc2c(F)ccc(F)c12. The highest BCUT2D eigenvalue weighted by atomic mass is 19.1. The Morgan fingerprint density at radius 3 is 2.62 bits per heavy atom. The number of benzene rings is 1. The maximum Gasteiger partial charge on any atom is 0.149 e. The molecule has 16 heavy (non-hydrogen) atoms. The lowest BCUT2D eigenvalue weighted by Gasteiger charge is -2.10. The van der Waals surface area contributed by atoms with Gasteiger partial charge >= 0.3 is 0 Å². The van der Waals surface area contributed by atoms with Crippen LogP contribution in [-0.4, -0.2) is 11.5 Å². The molecule has 1 N–H and O–H groups in total. The monoisotopic (exact) mass is 222 g/mol. The van der Waals surface area contributed by atoms with Crippen LogP contribution in [0.4, 0.5) is 14.5 Å². The minimum atomic E-state index is -0.501. The smallest absolute Gasteiger partial charge is 0.149 e. The zero-order valence-electron chi connectivity index (χ0n) is 9.14. The summed E-state index contributed by atoms with van der Waals surface area (Å²) in [4.78, 5) is 4.02. The molecule has 0 aliphatic rings. The molecule has 0 fully saturated rings. The molecule has 0 spiro atoms. The first kappa shape index (κ1) is 10.8. The Labute approximate surface area is 92.3 Å². The van der Waals surface area contributed by atoms with Gasteiger partial charge in [-0.25, -0.2) is 13.8 Å². The Bertz CT molecular complexity index is 538. The Morgan fingerprint density at radius 2 is 1.94 bits per heavy atom. The number of pyridine rings is 1. The van der Waals surface area contributed by atoms with Crippen LogP contribution in [0.25, 0.3) is 10.9 Å².